The van der Waals surface area contributed by atoms with Gasteiger partial charge in [0.1, 0.15) is 0 Å². The Kier molecular flexibility index (Phi) is 3.81. The van der Waals surface area contributed by atoms with Gasteiger partial charge in [0.25, 0.3) is 0 Å². The highest BCUT2D eigenvalue weighted by Gasteiger charge is 2.15. The Balaban J connectivity index is 1.76. The molecule has 0 saturated heterocycles. The highest BCUT2D eigenvalue weighted by Crippen LogP contribution is 2.24. The first-order chi connectivity index (χ1) is 4.93. The van der Waals surface area contributed by atoms with Crippen molar-refractivity contribution in [3.05, 3.63) is 6.92 Å². The van der Waals surface area contributed by atoms with Crippen molar-refractivity contribution in [3.63, 3.8) is 0 Å². The van der Waals surface area contributed by atoms with Gasteiger partial charge in [0, 0.05) is 0 Å². The minimum absolute atomic E-state index is 1.00. The van der Waals surface area contributed by atoms with E-state index in [-0.39, 0.29) is 0 Å². The molecule has 0 aromatic heterocycles. The first-order valence-electron chi connectivity index (χ1n) is 4.43. The van der Waals surface area contributed by atoms with E-state index in [0.717, 1.165) is 12.3 Å². The van der Waals surface area contributed by atoms with Crippen molar-refractivity contribution < 1.29 is 0 Å². The van der Waals surface area contributed by atoms with Crippen LogP contribution in [0, 0.1) is 12.8 Å². The first kappa shape index (κ1) is 8.06. The molecule has 1 aliphatic carbocycles. The van der Waals surface area contributed by atoms with E-state index in [1.165, 1.54) is 38.8 Å². The molecule has 0 heterocycles. The monoisotopic (exact) mass is 140 g/mol. The SMILES string of the molecule is [CH2]CCCNCC1CCC1. The molecule has 1 heteroatoms. The highest BCUT2D eigenvalue weighted by molar-refractivity contribution is 4.71. The molecular formula is C9H18N. The van der Waals surface area contributed by atoms with E-state index < -0.39 is 0 Å². The molecule has 1 N–H and O–H groups in total. The third kappa shape index (κ3) is 2.70. The molecule has 59 valence electrons. The molecule has 0 atom stereocenters. The molecule has 10 heavy (non-hydrogen) atoms. The molecular weight excluding hydrogens is 122 g/mol. The molecule has 0 aromatic rings. The summed E-state index contributed by atoms with van der Waals surface area (Å²) in [5.74, 6) is 1.00. The first-order valence-corrected chi connectivity index (χ1v) is 4.43. The van der Waals surface area contributed by atoms with E-state index in [1.807, 2.05) is 0 Å². The van der Waals surface area contributed by atoms with E-state index in [4.69, 9.17) is 0 Å². The van der Waals surface area contributed by atoms with Gasteiger partial charge >= 0.3 is 0 Å². The number of nitrogens with one attached hydrogen (secondary N) is 1. The summed E-state index contributed by atoms with van der Waals surface area (Å²) in [4.78, 5) is 0. The van der Waals surface area contributed by atoms with Crippen molar-refractivity contribution in [2.24, 2.45) is 5.92 Å². The molecule has 0 amide bonds. The molecule has 1 fully saturated rings. The van der Waals surface area contributed by atoms with Crippen molar-refractivity contribution in [2.45, 2.75) is 32.1 Å². The van der Waals surface area contributed by atoms with Crippen LogP contribution in [0.3, 0.4) is 0 Å². The lowest BCUT2D eigenvalue weighted by Gasteiger charge is -2.25. The summed E-state index contributed by atoms with van der Waals surface area (Å²) in [7, 11) is 0. The van der Waals surface area contributed by atoms with Crippen LogP contribution in [0.5, 0.6) is 0 Å². The van der Waals surface area contributed by atoms with Gasteiger partial charge in [0.15, 0.2) is 0 Å². The average molecular weight is 140 g/mol. The Morgan fingerprint density at radius 2 is 2.20 bits per heavy atom. The zero-order valence-corrected chi connectivity index (χ0v) is 6.73. The molecule has 1 aliphatic rings. The van der Waals surface area contributed by atoms with Gasteiger partial charge in [0.2, 0.25) is 0 Å². The van der Waals surface area contributed by atoms with Crippen molar-refractivity contribution in [1.82, 2.24) is 5.32 Å². The van der Waals surface area contributed by atoms with E-state index in [9.17, 15) is 0 Å². The summed E-state index contributed by atoms with van der Waals surface area (Å²) in [6.07, 6.45) is 6.67. The smallest absolute Gasteiger partial charge is 0.00205 e. The average Bonchev–Trinajstić information content (AvgIpc) is 1.84. The molecule has 0 bridgehead atoms. The van der Waals surface area contributed by atoms with Gasteiger partial charge in [-0.3, -0.25) is 0 Å². The topological polar surface area (TPSA) is 12.0 Å². The number of rotatable bonds is 5. The third-order valence-corrected chi connectivity index (χ3v) is 2.26. The van der Waals surface area contributed by atoms with Crippen LogP contribution in [0.1, 0.15) is 32.1 Å². The van der Waals surface area contributed by atoms with E-state index in [0.29, 0.717) is 0 Å². The zero-order valence-electron chi connectivity index (χ0n) is 6.73. The molecule has 1 radical (unpaired) electrons. The normalized spacial score (nSPS) is 18.9. The van der Waals surface area contributed by atoms with Crippen LogP contribution in [-0.4, -0.2) is 13.1 Å². The lowest BCUT2D eigenvalue weighted by atomic mass is 9.85. The lowest BCUT2D eigenvalue weighted by Crippen LogP contribution is -2.27. The van der Waals surface area contributed by atoms with Crippen LogP contribution < -0.4 is 5.32 Å². The van der Waals surface area contributed by atoms with Gasteiger partial charge in [-0.05, 0) is 38.3 Å². The molecule has 1 saturated carbocycles. The standard InChI is InChI=1S/C9H18N/c1-2-3-7-10-8-9-5-4-6-9/h9-10H,1-8H2. The van der Waals surface area contributed by atoms with Crippen LogP contribution in [0.2, 0.25) is 0 Å². The predicted octanol–water partition coefficient (Wildman–Crippen LogP) is 1.99. The maximum atomic E-state index is 3.80. The number of hydrogen-bond donors (Lipinski definition) is 1. The van der Waals surface area contributed by atoms with Crippen LogP contribution in [-0.2, 0) is 0 Å². The molecule has 1 rings (SSSR count). The van der Waals surface area contributed by atoms with Gasteiger partial charge in [-0.1, -0.05) is 19.8 Å². The Hall–Kier alpha value is -0.0400. The molecule has 0 aliphatic heterocycles. The fourth-order valence-corrected chi connectivity index (χ4v) is 1.25. The van der Waals surface area contributed by atoms with Crippen molar-refractivity contribution in [2.75, 3.05) is 13.1 Å². The van der Waals surface area contributed by atoms with Crippen molar-refractivity contribution in [1.29, 1.82) is 0 Å². The van der Waals surface area contributed by atoms with Crippen LogP contribution in [0.4, 0.5) is 0 Å². The van der Waals surface area contributed by atoms with Crippen molar-refractivity contribution in [3.8, 4) is 0 Å². The van der Waals surface area contributed by atoms with E-state index in [1.54, 1.807) is 0 Å². The molecule has 0 aromatic carbocycles. The summed E-state index contributed by atoms with van der Waals surface area (Å²) in [5, 5.41) is 3.45. The number of hydrogen-bond acceptors (Lipinski definition) is 1. The van der Waals surface area contributed by atoms with Crippen LogP contribution in [0.15, 0.2) is 0 Å². The van der Waals surface area contributed by atoms with E-state index >= 15 is 0 Å². The Bertz CT molecular complexity index is 76.8. The Morgan fingerprint density at radius 3 is 2.70 bits per heavy atom. The Labute approximate surface area is 64.2 Å². The quantitative estimate of drug-likeness (QED) is 0.576. The van der Waals surface area contributed by atoms with Crippen LogP contribution >= 0.6 is 0 Å². The maximum Gasteiger partial charge on any atom is -0.00205 e. The zero-order chi connectivity index (χ0) is 7.23. The second-order valence-corrected chi connectivity index (χ2v) is 3.21. The fraction of sp³-hybridized carbons (Fsp3) is 0.889. The summed E-state index contributed by atoms with van der Waals surface area (Å²) in [5.41, 5.74) is 0. The molecule has 1 nitrogen and oxygen atoms in total. The second kappa shape index (κ2) is 4.73. The second-order valence-electron chi connectivity index (χ2n) is 3.21. The van der Waals surface area contributed by atoms with Crippen molar-refractivity contribution >= 4 is 0 Å². The molecule has 0 spiro atoms. The van der Waals surface area contributed by atoms with Gasteiger partial charge in [-0.2, -0.15) is 0 Å². The minimum atomic E-state index is 1.00. The van der Waals surface area contributed by atoms with Gasteiger partial charge in [-0.15, -0.1) is 0 Å². The van der Waals surface area contributed by atoms with E-state index in [2.05, 4.69) is 12.2 Å². The summed E-state index contributed by atoms with van der Waals surface area (Å²) < 4.78 is 0. The summed E-state index contributed by atoms with van der Waals surface area (Å²) >= 11 is 0. The summed E-state index contributed by atoms with van der Waals surface area (Å²) in [6, 6.07) is 0. The minimum Gasteiger partial charge on any atom is -0.316 e. The predicted molar refractivity (Wildman–Crippen MR) is 44.8 cm³/mol. The molecule has 0 unspecified atom stereocenters. The third-order valence-electron chi connectivity index (χ3n) is 2.26. The van der Waals surface area contributed by atoms with Gasteiger partial charge in [-0.25, -0.2) is 0 Å². The Morgan fingerprint density at radius 1 is 1.40 bits per heavy atom. The van der Waals surface area contributed by atoms with Gasteiger partial charge < -0.3 is 5.32 Å². The number of unbranched alkanes of at least 4 members (excludes halogenated alkanes) is 1. The fourth-order valence-electron chi connectivity index (χ4n) is 1.25. The summed E-state index contributed by atoms with van der Waals surface area (Å²) in [6.45, 7) is 6.21. The highest BCUT2D eigenvalue weighted by atomic mass is 14.9. The van der Waals surface area contributed by atoms with Crippen LogP contribution in [0.25, 0.3) is 0 Å². The van der Waals surface area contributed by atoms with Gasteiger partial charge in [0.05, 0.1) is 0 Å². The maximum absolute atomic E-state index is 3.80. The largest absolute Gasteiger partial charge is 0.316 e. The lowest BCUT2D eigenvalue weighted by molar-refractivity contribution is 0.302.